The van der Waals surface area contributed by atoms with E-state index in [0.717, 1.165) is 12.1 Å². The number of hydrogen-bond donors (Lipinski definition) is 2. The van der Waals surface area contributed by atoms with E-state index in [9.17, 15) is 24.1 Å². The molecule has 0 aromatic heterocycles. The van der Waals surface area contributed by atoms with Crippen LogP contribution in [0.5, 0.6) is 0 Å². The highest BCUT2D eigenvalue weighted by molar-refractivity contribution is 6.33. The van der Waals surface area contributed by atoms with Gasteiger partial charge in [0, 0.05) is 23.0 Å². The number of nitro groups is 1. The molecule has 0 spiro atoms. The van der Waals surface area contributed by atoms with E-state index in [1.54, 1.807) is 0 Å². The quantitative estimate of drug-likeness (QED) is 0.444. The van der Waals surface area contributed by atoms with Crippen LogP contribution >= 0.6 is 11.6 Å². The van der Waals surface area contributed by atoms with E-state index in [2.05, 4.69) is 15.8 Å². The molecule has 2 aromatic carbocycles. The van der Waals surface area contributed by atoms with Gasteiger partial charge in [0.15, 0.2) is 0 Å². The number of nitrogens with zero attached hydrogens (tertiary/aromatic N) is 2. The Bertz CT molecular complexity index is 916. The van der Waals surface area contributed by atoms with E-state index < -0.39 is 22.6 Å². The summed E-state index contributed by atoms with van der Waals surface area (Å²) in [5, 5.41) is 16.9. The number of nitrogens with one attached hydrogen (secondary N) is 2. The van der Waals surface area contributed by atoms with E-state index in [-0.39, 0.29) is 22.7 Å². The molecule has 2 rings (SSSR count). The summed E-state index contributed by atoms with van der Waals surface area (Å²) >= 11 is 5.75. The van der Waals surface area contributed by atoms with Crippen molar-refractivity contribution in [1.82, 2.24) is 5.43 Å². The maximum absolute atomic E-state index is 12.8. The van der Waals surface area contributed by atoms with Crippen molar-refractivity contribution in [3.63, 3.8) is 0 Å². The maximum atomic E-state index is 12.8. The molecular weight excluding hydrogens is 379 g/mol. The van der Waals surface area contributed by atoms with E-state index in [1.807, 2.05) is 0 Å². The molecule has 2 aromatic rings. The SMILES string of the molecule is C/C(CC(=O)Nc1ccc(F)cc1)=N/NC(=O)c1ccc([N+](=O)[O-])c(Cl)c1. The first-order valence-electron chi connectivity index (χ1n) is 7.59. The third-order valence-corrected chi connectivity index (χ3v) is 3.60. The third kappa shape index (κ3) is 5.86. The molecule has 0 aliphatic heterocycles. The van der Waals surface area contributed by atoms with Crippen molar-refractivity contribution in [3.8, 4) is 0 Å². The molecule has 0 heterocycles. The van der Waals surface area contributed by atoms with Crippen LogP contribution in [0.1, 0.15) is 23.7 Å². The zero-order chi connectivity index (χ0) is 20.0. The lowest BCUT2D eigenvalue weighted by atomic mass is 10.2. The molecule has 10 heteroatoms. The smallest absolute Gasteiger partial charge is 0.287 e. The van der Waals surface area contributed by atoms with Crippen molar-refractivity contribution in [1.29, 1.82) is 0 Å². The maximum Gasteiger partial charge on any atom is 0.287 e. The van der Waals surface area contributed by atoms with Crippen LogP contribution in [-0.4, -0.2) is 22.4 Å². The summed E-state index contributed by atoms with van der Waals surface area (Å²) in [5.41, 5.74) is 2.75. The Morgan fingerprint density at radius 1 is 1.22 bits per heavy atom. The molecule has 0 fully saturated rings. The number of hydrogen-bond acceptors (Lipinski definition) is 5. The summed E-state index contributed by atoms with van der Waals surface area (Å²) in [4.78, 5) is 33.9. The Balaban J connectivity index is 1.93. The van der Waals surface area contributed by atoms with Gasteiger partial charge < -0.3 is 5.32 Å². The summed E-state index contributed by atoms with van der Waals surface area (Å²) in [7, 11) is 0. The van der Waals surface area contributed by atoms with Crippen LogP contribution < -0.4 is 10.7 Å². The van der Waals surface area contributed by atoms with Crippen LogP contribution in [0, 0.1) is 15.9 Å². The fourth-order valence-electron chi connectivity index (χ4n) is 2.02. The average Bonchev–Trinajstić information content (AvgIpc) is 2.61. The third-order valence-electron chi connectivity index (χ3n) is 3.30. The first-order valence-corrected chi connectivity index (χ1v) is 7.97. The van der Waals surface area contributed by atoms with Crippen LogP contribution in [-0.2, 0) is 4.79 Å². The Hall–Kier alpha value is -3.33. The van der Waals surface area contributed by atoms with Gasteiger partial charge in [-0.25, -0.2) is 9.82 Å². The molecule has 27 heavy (non-hydrogen) atoms. The van der Waals surface area contributed by atoms with Crippen molar-refractivity contribution < 1.29 is 18.9 Å². The lowest BCUT2D eigenvalue weighted by Crippen LogP contribution is -2.21. The Morgan fingerprint density at radius 2 is 1.89 bits per heavy atom. The molecule has 0 bridgehead atoms. The van der Waals surface area contributed by atoms with Crippen LogP contribution in [0.3, 0.4) is 0 Å². The number of hydrazone groups is 1. The van der Waals surface area contributed by atoms with Crippen molar-refractivity contribution in [2.24, 2.45) is 5.10 Å². The number of benzene rings is 2. The predicted molar refractivity (Wildman–Crippen MR) is 98.3 cm³/mol. The largest absolute Gasteiger partial charge is 0.326 e. The molecule has 0 radical (unpaired) electrons. The lowest BCUT2D eigenvalue weighted by molar-refractivity contribution is -0.384. The standard InChI is InChI=1S/C17H14ClFN4O4/c1-10(8-16(24)20-13-5-3-12(19)4-6-13)21-22-17(25)11-2-7-15(23(26)27)14(18)9-11/h2-7,9H,8H2,1H3,(H,20,24)(H,22,25)/b21-10-. The fraction of sp³-hybridized carbons (Fsp3) is 0.118. The molecule has 2 amide bonds. The second-order valence-corrected chi connectivity index (χ2v) is 5.85. The summed E-state index contributed by atoms with van der Waals surface area (Å²) in [5.74, 6) is -1.44. The van der Waals surface area contributed by atoms with E-state index >= 15 is 0 Å². The Morgan fingerprint density at radius 3 is 2.48 bits per heavy atom. The molecule has 140 valence electrons. The van der Waals surface area contributed by atoms with Gasteiger partial charge in [-0.1, -0.05) is 11.6 Å². The first-order chi connectivity index (χ1) is 12.8. The molecule has 0 saturated heterocycles. The highest BCUT2D eigenvalue weighted by Gasteiger charge is 2.15. The minimum Gasteiger partial charge on any atom is -0.326 e. The minimum atomic E-state index is -0.661. The molecule has 0 unspecified atom stereocenters. The molecular formula is C17H14ClFN4O4. The zero-order valence-corrected chi connectivity index (χ0v) is 14.8. The van der Waals surface area contributed by atoms with Gasteiger partial charge >= 0.3 is 0 Å². The van der Waals surface area contributed by atoms with Gasteiger partial charge in [-0.2, -0.15) is 5.10 Å². The van der Waals surface area contributed by atoms with Gasteiger partial charge in [0.2, 0.25) is 5.91 Å². The summed E-state index contributed by atoms with van der Waals surface area (Å²) < 4.78 is 12.8. The first kappa shape index (κ1) is 20.0. The van der Waals surface area contributed by atoms with Gasteiger partial charge in [-0.15, -0.1) is 0 Å². The summed E-state index contributed by atoms with van der Waals surface area (Å²) in [6.07, 6.45) is -0.0985. The second-order valence-electron chi connectivity index (χ2n) is 5.44. The fourth-order valence-corrected chi connectivity index (χ4v) is 2.27. The average molecular weight is 393 g/mol. The van der Waals surface area contributed by atoms with Gasteiger partial charge in [0.05, 0.1) is 11.3 Å². The molecule has 0 atom stereocenters. The number of halogens is 2. The number of carbonyl (C=O) groups is 2. The van der Waals surface area contributed by atoms with Crippen LogP contribution in [0.25, 0.3) is 0 Å². The predicted octanol–water partition coefficient (Wildman–Crippen LogP) is 3.52. The van der Waals surface area contributed by atoms with Gasteiger partial charge in [0.1, 0.15) is 10.8 Å². The number of anilines is 1. The summed E-state index contributed by atoms with van der Waals surface area (Å²) in [6.45, 7) is 1.54. The monoisotopic (exact) mass is 392 g/mol. The lowest BCUT2D eigenvalue weighted by Gasteiger charge is -2.06. The van der Waals surface area contributed by atoms with Gasteiger partial charge in [-0.05, 0) is 43.3 Å². The van der Waals surface area contributed by atoms with E-state index in [1.165, 1.54) is 37.3 Å². The van der Waals surface area contributed by atoms with E-state index in [0.29, 0.717) is 11.4 Å². The zero-order valence-electron chi connectivity index (χ0n) is 14.0. The number of nitro benzene ring substituents is 1. The van der Waals surface area contributed by atoms with Crippen molar-refractivity contribution in [2.75, 3.05) is 5.32 Å². The van der Waals surface area contributed by atoms with Gasteiger partial charge in [-0.3, -0.25) is 19.7 Å². The molecule has 8 nitrogen and oxygen atoms in total. The van der Waals surface area contributed by atoms with Crippen molar-refractivity contribution in [2.45, 2.75) is 13.3 Å². The highest BCUT2D eigenvalue weighted by atomic mass is 35.5. The normalized spacial score (nSPS) is 11.0. The molecule has 2 N–H and O–H groups in total. The van der Waals surface area contributed by atoms with E-state index in [4.69, 9.17) is 11.6 Å². The Labute approximate surface area is 158 Å². The van der Waals surface area contributed by atoms with Crippen LogP contribution in [0.2, 0.25) is 5.02 Å². The molecule has 0 aliphatic rings. The van der Waals surface area contributed by atoms with Crippen LogP contribution in [0.15, 0.2) is 47.6 Å². The number of rotatable bonds is 6. The topological polar surface area (TPSA) is 114 Å². The summed E-state index contributed by atoms with van der Waals surface area (Å²) in [6, 6.07) is 8.77. The van der Waals surface area contributed by atoms with Crippen LogP contribution in [0.4, 0.5) is 15.8 Å². The number of amides is 2. The highest BCUT2D eigenvalue weighted by Crippen LogP contribution is 2.24. The van der Waals surface area contributed by atoms with Crippen molar-refractivity contribution in [3.05, 3.63) is 69.0 Å². The second kappa shape index (κ2) is 8.86. The minimum absolute atomic E-state index is 0.0814. The number of carbonyl (C=O) groups excluding carboxylic acids is 2. The molecule has 0 aliphatic carbocycles. The Kier molecular flexibility index (Phi) is 6.56. The van der Waals surface area contributed by atoms with Crippen molar-refractivity contribution >= 4 is 40.5 Å². The molecule has 0 saturated carbocycles. The van der Waals surface area contributed by atoms with Gasteiger partial charge in [0.25, 0.3) is 11.6 Å².